The summed E-state index contributed by atoms with van der Waals surface area (Å²) in [6, 6.07) is 20.7. The van der Waals surface area contributed by atoms with Crippen molar-refractivity contribution in [2.24, 2.45) is 5.10 Å². The van der Waals surface area contributed by atoms with E-state index >= 15 is 0 Å². The minimum Gasteiger partial charge on any atom is -0.484 e. The summed E-state index contributed by atoms with van der Waals surface area (Å²) in [6.07, 6.45) is 1.68. The maximum Gasteiger partial charge on any atom is 0.282 e. The normalized spacial score (nSPS) is 11.5. The molecule has 5 rings (SSSR count). The van der Waals surface area contributed by atoms with Crippen LogP contribution in [-0.2, 0) is 4.79 Å². The van der Waals surface area contributed by atoms with Gasteiger partial charge in [-0.3, -0.25) is 9.59 Å². The summed E-state index contributed by atoms with van der Waals surface area (Å²) in [6.45, 7) is 7.67. The van der Waals surface area contributed by atoms with Crippen LogP contribution in [0.2, 0.25) is 0 Å². The second kappa shape index (κ2) is 12.1. The first-order chi connectivity index (χ1) is 20.1. The van der Waals surface area contributed by atoms with E-state index in [9.17, 15) is 14.0 Å². The van der Waals surface area contributed by atoms with Crippen molar-refractivity contribution in [2.75, 3.05) is 11.9 Å². The lowest BCUT2D eigenvalue weighted by Gasteiger charge is -2.12. The summed E-state index contributed by atoms with van der Waals surface area (Å²) in [5.74, 6) is 0.105. The molecule has 0 aliphatic carbocycles. The number of rotatable bonds is 8. The number of aryl methyl sites for hydroxylation is 1. The van der Waals surface area contributed by atoms with Gasteiger partial charge in [0.1, 0.15) is 17.4 Å². The first-order valence-corrected chi connectivity index (χ1v) is 14.1. The number of ether oxygens (including phenoxy) is 1. The van der Waals surface area contributed by atoms with Gasteiger partial charge in [-0.25, -0.2) is 9.37 Å². The minimum atomic E-state index is -0.508. The summed E-state index contributed by atoms with van der Waals surface area (Å²) in [5, 5.41) is 7.57. The van der Waals surface area contributed by atoms with Crippen molar-refractivity contribution in [3.63, 3.8) is 0 Å². The van der Waals surface area contributed by atoms with E-state index in [0.29, 0.717) is 22.5 Å². The zero-order valence-electron chi connectivity index (χ0n) is 23.6. The summed E-state index contributed by atoms with van der Waals surface area (Å²) in [7, 11) is 0. The van der Waals surface area contributed by atoms with Crippen molar-refractivity contribution >= 4 is 44.6 Å². The molecule has 1 N–H and O–H groups in total. The number of nitrogens with one attached hydrogen (secondary N) is 1. The zero-order chi connectivity index (χ0) is 30.0. The molecule has 0 radical (unpaired) electrons. The molecule has 0 bridgehead atoms. The van der Waals surface area contributed by atoms with Crippen molar-refractivity contribution in [1.29, 1.82) is 0 Å². The van der Waals surface area contributed by atoms with Crippen LogP contribution in [0, 0.1) is 19.7 Å². The molecule has 0 aliphatic rings. The topological polar surface area (TPSA) is 90.5 Å². The zero-order valence-corrected chi connectivity index (χ0v) is 25.1. The number of hydrogen-bond acceptors (Lipinski definition) is 5. The highest BCUT2D eigenvalue weighted by Crippen LogP contribution is 2.23. The average molecular weight is 631 g/mol. The molecule has 2 aromatic heterocycles. The standard InChI is InChI=1S/C32H29BrFN5O3/c1-19(2)31-37-28-14-9-23(33)16-26(28)32(41)39(31)35-17-22-15-20(3)38(21(22)4)24-10-12-25(13-11-24)42-18-30(40)36-29-8-6-5-7-27(29)34/h5-17,19H,18H2,1-4H3,(H,36,40). The number of hydrogen-bond donors (Lipinski definition) is 1. The molecule has 0 aliphatic heterocycles. The monoisotopic (exact) mass is 629 g/mol. The molecule has 0 saturated heterocycles. The van der Waals surface area contributed by atoms with Gasteiger partial charge in [-0.1, -0.05) is 41.9 Å². The fraction of sp³-hybridized carbons (Fsp3) is 0.188. The molecule has 1 amide bonds. The molecule has 0 unspecified atom stereocenters. The molecular weight excluding hydrogens is 601 g/mol. The van der Waals surface area contributed by atoms with Gasteiger partial charge >= 0.3 is 0 Å². The lowest BCUT2D eigenvalue weighted by molar-refractivity contribution is -0.118. The lowest BCUT2D eigenvalue weighted by atomic mass is 10.2. The molecule has 0 saturated carbocycles. The number of aromatic nitrogens is 3. The summed E-state index contributed by atoms with van der Waals surface area (Å²) < 4.78 is 23.6. The Balaban J connectivity index is 1.35. The Kier molecular flexibility index (Phi) is 8.35. The first kappa shape index (κ1) is 28.9. The summed E-state index contributed by atoms with van der Waals surface area (Å²) in [4.78, 5) is 30.3. The Bertz CT molecular complexity index is 1880. The fourth-order valence-electron chi connectivity index (χ4n) is 4.68. The van der Waals surface area contributed by atoms with Crippen LogP contribution < -0.4 is 15.6 Å². The van der Waals surface area contributed by atoms with Crippen LogP contribution in [0.15, 0.2) is 87.2 Å². The third-order valence-electron chi connectivity index (χ3n) is 6.75. The largest absolute Gasteiger partial charge is 0.484 e. The van der Waals surface area contributed by atoms with Gasteiger partial charge in [0.15, 0.2) is 6.61 Å². The molecule has 0 fully saturated rings. The molecule has 5 aromatic rings. The number of carbonyl (C=O) groups excluding carboxylic acids is 1. The van der Waals surface area contributed by atoms with Gasteiger partial charge in [0.25, 0.3) is 11.5 Å². The predicted octanol–water partition coefficient (Wildman–Crippen LogP) is 6.73. The quantitative estimate of drug-likeness (QED) is 0.193. The van der Waals surface area contributed by atoms with E-state index in [1.165, 1.54) is 16.8 Å². The van der Waals surface area contributed by atoms with E-state index in [-0.39, 0.29) is 23.8 Å². The van der Waals surface area contributed by atoms with Crippen molar-refractivity contribution < 1.29 is 13.9 Å². The van der Waals surface area contributed by atoms with Crippen LogP contribution >= 0.6 is 15.9 Å². The van der Waals surface area contributed by atoms with E-state index in [1.807, 2.05) is 58.0 Å². The first-order valence-electron chi connectivity index (χ1n) is 13.4. The van der Waals surface area contributed by atoms with Gasteiger partial charge in [0.05, 0.1) is 22.8 Å². The van der Waals surface area contributed by atoms with Gasteiger partial charge in [-0.2, -0.15) is 9.78 Å². The Morgan fingerprint density at radius 3 is 2.55 bits per heavy atom. The van der Waals surface area contributed by atoms with Crippen LogP contribution in [0.4, 0.5) is 10.1 Å². The molecular formula is C32H29BrFN5O3. The Labute approximate surface area is 250 Å². The fourth-order valence-corrected chi connectivity index (χ4v) is 5.04. The van der Waals surface area contributed by atoms with Crippen molar-refractivity contribution in [3.8, 4) is 11.4 Å². The summed E-state index contributed by atoms with van der Waals surface area (Å²) >= 11 is 3.44. The average Bonchev–Trinajstić information content (AvgIpc) is 3.25. The Morgan fingerprint density at radius 2 is 1.83 bits per heavy atom. The molecule has 0 spiro atoms. The van der Waals surface area contributed by atoms with Crippen molar-refractivity contribution in [3.05, 3.63) is 116 Å². The van der Waals surface area contributed by atoms with Crippen LogP contribution in [-0.4, -0.2) is 33.0 Å². The maximum atomic E-state index is 13.8. The third kappa shape index (κ3) is 6.03. The molecule has 214 valence electrons. The maximum absolute atomic E-state index is 13.8. The number of benzene rings is 3. The molecule has 42 heavy (non-hydrogen) atoms. The second-order valence-electron chi connectivity index (χ2n) is 10.1. The molecule has 10 heteroatoms. The van der Waals surface area contributed by atoms with Gasteiger partial charge in [-0.05, 0) is 74.5 Å². The van der Waals surface area contributed by atoms with Crippen LogP contribution in [0.25, 0.3) is 16.6 Å². The van der Waals surface area contributed by atoms with Crippen LogP contribution in [0.3, 0.4) is 0 Å². The van der Waals surface area contributed by atoms with Gasteiger partial charge in [-0.15, -0.1) is 0 Å². The van der Waals surface area contributed by atoms with Crippen LogP contribution in [0.1, 0.15) is 42.5 Å². The SMILES string of the molecule is Cc1cc(C=Nn2c(C(C)C)nc3ccc(Br)cc3c2=O)c(C)n1-c1ccc(OCC(=O)Nc2ccccc2F)cc1. The number of carbonyl (C=O) groups is 1. The highest BCUT2D eigenvalue weighted by molar-refractivity contribution is 9.10. The molecule has 8 nitrogen and oxygen atoms in total. The van der Waals surface area contributed by atoms with E-state index in [1.54, 1.807) is 36.5 Å². The molecule has 0 atom stereocenters. The number of anilines is 1. The number of para-hydroxylation sites is 1. The number of nitrogens with zero attached hydrogens (tertiary/aromatic N) is 4. The van der Waals surface area contributed by atoms with Gasteiger partial charge < -0.3 is 14.6 Å². The van der Waals surface area contributed by atoms with Gasteiger partial charge in [0.2, 0.25) is 0 Å². The van der Waals surface area contributed by atoms with Gasteiger partial charge in [0, 0.05) is 33.0 Å². The summed E-state index contributed by atoms with van der Waals surface area (Å²) in [5.41, 5.74) is 4.17. The predicted molar refractivity (Wildman–Crippen MR) is 167 cm³/mol. The molecule has 3 aromatic carbocycles. The highest BCUT2D eigenvalue weighted by Gasteiger charge is 2.15. The number of amides is 1. The minimum absolute atomic E-state index is 0.0124. The lowest BCUT2D eigenvalue weighted by Crippen LogP contribution is -2.23. The smallest absolute Gasteiger partial charge is 0.282 e. The van der Waals surface area contributed by atoms with Crippen LogP contribution in [0.5, 0.6) is 5.75 Å². The third-order valence-corrected chi connectivity index (χ3v) is 7.24. The number of fused-ring (bicyclic) bond motifs is 1. The van der Waals surface area contributed by atoms with Crippen molar-refractivity contribution in [2.45, 2.75) is 33.6 Å². The number of halogens is 2. The Hall–Kier alpha value is -4.57. The van der Waals surface area contributed by atoms with Crippen molar-refractivity contribution in [1.82, 2.24) is 14.2 Å². The molecule has 2 heterocycles. The van der Waals surface area contributed by atoms with E-state index < -0.39 is 11.7 Å². The van der Waals surface area contributed by atoms with E-state index in [2.05, 4.69) is 30.9 Å². The van der Waals surface area contributed by atoms with E-state index in [4.69, 9.17) is 9.72 Å². The highest BCUT2D eigenvalue weighted by atomic mass is 79.9. The second-order valence-corrected chi connectivity index (χ2v) is 11.0. The Morgan fingerprint density at radius 1 is 1.10 bits per heavy atom. The van der Waals surface area contributed by atoms with E-state index in [0.717, 1.165) is 27.1 Å².